The van der Waals surface area contributed by atoms with Gasteiger partial charge in [0.05, 0.1) is 0 Å². The van der Waals surface area contributed by atoms with Gasteiger partial charge in [0.2, 0.25) is 0 Å². The summed E-state index contributed by atoms with van der Waals surface area (Å²) in [5, 5.41) is 3.35. The van der Waals surface area contributed by atoms with Gasteiger partial charge in [-0.15, -0.1) is 0 Å². The van der Waals surface area contributed by atoms with E-state index in [2.05, 4.69) is 16.4 Å². The van der Waals surface area contributed by atoms with Gasteiger partial charge in [0.25, 0.3) is 0 Å². The van der Waals surface area contributed by atoms with Gasteiger partial charge in [-0.25, -0.2) is 0 Å². The third-order valence-corrected chi connectivity index (χ3v) is 2.54. The lowest BCUT2D eigenvalue weighted by Gasteiger charge is -2.21. The highest BCUT2D eigenvalue weighted by Gasteiger charge is 2.15. The molecule has 1 aliphatic heterocycles. The number of H-pyrrole nitrogens is 1. The maximum absolute atomic E-state index is 5.61. The maximum atomic E-state index is 5.61. The number of rotatable bonds is 1. The molecule has 1 aromatic rings. The average Bonchev–Trinajstić information content (AvgIpc) is 2.54. The van der Waals surface area contributed by atoms with E-state index in [-0.39, 0.29) is 0 Å². The lowest BCUT2D eigenvalue weighted by Crippen LogP contribution is -2.26. The topological polar surface area (TPSA) is 53.8 Å². The summed E-state index contributed by atoms with van der Waals surface area (Å²) in [5.41, 5.74) is 6.98. The minimum absolute atomic E-state index is 0.708. The predicted molar refractivity (Wildman–Crippen MR) is 50.0 cm³/mol. The Bertz CT molecular complexity index is 248. The second-order valence-corrected chi connectivity index (χ2v) is 3.41. The van der Waals surface area contributed by atoms with E-state index in [0.29, 0.717) is 5.92 Å². The van der Waals surface area contributed by atoms with Crippen LogP contribution in [-0.2, 0) is 0 Å². The van der Waals surface area contributed by atoms with Crippen molar-refractivity contribution in [3.8, 4) is 0 Å². The molecule has 3 nitrogen and oxygen atoms in total. The highest BCUT2D eigenvalue weighted by molar-refractivity contribution is 5.35. The zero-order valence-corrected chi connectivity index (χ0v) is 7.14. The molecule has 3 heteroatoms. The SMILES string of the molecule is Nc1cc(C2CCNCC2)c[nH]1. The van der Waals surface area contributed by atoms with E-state index in [0.717, 1.165) is 18.9 Å². The van der Waals surface area contributed by atoms with Crippen LogP contribution in [0.4, 0.5) is 5.82 Å². The van der Waals surface area contributed by atoms with E-state index in [1.807, 2.05) is 6.20 Å². The summed E-state index contributed by atoms with van der Waals surface area (Å²) in [6.07, 6.45) is 4.50. The Labute approximate surface area is 72.3 Å². The van der Waals surface area contributed by atoms with Crippen LogP contribution in [-0.4, -0.2) is 18.1 Å². The van der Waals surface area contributed by atoms with Gasteiger partial charge >= 0.3 is 0 Å². The first-order chi connectivity index (χ1) is 5.86. The van der Waals surface area contributed by atoms with Gasteiger partial charge in [0.1, 0.15) is 5.82 Å². The van der Waals surface area contributed by atoms with E-state index in [9.17, 15) is 0 Å². The Morgan fingerprint density at radius 2 is 2.08 bits per heavy atom. The number of nitrogen functional groups attached to an aromatic ring is 1. The fourth-order valence-electron chi connectivity index (χ4n) is 1.82. The van der Waals surface area contributed by atoms with Gasteiger partial charge in [0.15, 0.2) is 0 Å². The summed E-state index contributed by atoms with van der Waals surface area (Å²) in [6.45, 7) is 2.27. The second kappa shape index (κ2) is 3.19. The van der Waals surface area contributed by atoms with Crippen LogP contribution < -0.4 is 11.1 Å². The Balaban J connectivity index is 2.08. The number of aromatic amines is 1. The normalized spacial score (nSPS) is 19.7. The van der Waals surface area contributed by atoms with Crippen molar-refractivity contribution in [2.45, 2.75) is 18.8 Å². The first-order valence-corrected chi connectivity index (χ1v) is 4.51. The van der Waals surface area contributed by atoms with E-state index in [1.54, 1.807) is 0 Å². The van der Waals surface area contributed by atoms with Crippen molar-refractivity contribution in [2.24, 2.45) is 0 Å². The molecule has 66 valence electrons. The van der Waals surface area contributed by atoms with Crippen molar-refractivity contribution in [3.63, 3.8) is 0 Å². The number of piperidine rings is 1. The molecule has 0 unspecified atom stereocenters. The molecule has 2 heterocycles. The quantitative estimate of drug-likeness (QED) is 0.583. The Morgan fingerprint density at radius 3 is 2.67 bits per heavy atom. The summed E-state index contributed by atoms with van der Waals surface area (Å²) in [7, 11) is 0. The standard InChI is InChI=1S/C9H15N3/c10-9-5-8(6-12-9)7-1-3-11-4-2-7/h5-7,11-12H,1-4,10H2. The molecule has 2 rings (SSSR count). The summed E-state index contributed by atoms with van der Waals surface area (Å²) >= 11 is 0. The van der Waals surface area contributed by atoms with Crippen molar-refractivity contribution >= 4 is 5.82 Å². The highest BCUT2D eigenvalue weighted by Crippen LogP contribution is 2.25. The van der Waals surface area contributed by atoms with Crippen molar-refractivity contribution in [3.05, 3.63) is 17.8 Å². The molecule has 1 aromatic heterocycles. The lowest BCUT2D eigenvalue weighted by molar-refractivity contribution is 0.461. The molecule has 0 atom stereocenters. The Morgan fingerprint density at radius 1 is 1.33 bits per heavy atom. The van der Waals surface area contributed by atoms with Gasteiger partial charge in [-0.05, 0) is 43.5 Å². The van der Waals surface area contributed by atoms with Crippen molar-refractivity contribution < 1.29 is 0 Å². The summed E-state index contributed by atoms with van der Waals surface area (Å²) in [5.74, 6) is 1.49. The fraction of sp³-hybridized carbons (Fsp3) is 0.556. The largest absolute Gasteiger partial charge is 0.385 e. The van der Waals surface area contributed by atoms with Crippen LogP contribution in [0.2, 0.25) is 0 Å². The fourth-order valence-corrected chi connectivity index (χ4v) is 1.82. The Hall–Kier alpha value is -0.960. The molecule has 1 fully saturated rings. The summed E-state index contributed by atoms with van der Waals surface area (Å²) < 4.78 is 0. The minimum atomic E-state index is 0.708. The first-order valence-electron chi connectivity index (χ1n) is 4.51. The molecular formula is C9H15N3. The number of nitrogens with one attached hydrogen (secondary N) is 2. The molecule has 0 spiro atoms. The van der Waals surface area contributed by atoms with Crippen molar-refractivity contribution in [1.82, 2.24) is 10.3 Å². The van der Waals surface area contributed by atoms with Gasteiger partial charge in [-0.3, -0.25) is 0 Å². The molecule has 12 heavy (non-hydrogen) atoms. The maximum Gasteiger partial charge on any atom is 0.100 e. The molecular weight excluding hydrogens is 150 g/mol. The van der Waals surface area contributed by atoms with Crippen LogP contribution in [0.1, 0.15) is 24.3 Å². The molecule has 0 saturated carbocycles. The summed E-state index contributed by atoms with van der Waals surface area (Å²) in [6, 6.07) is 2.05. The predicted octanol–water partition coefficient (Wildman–Crippen LogP) is 1.06. The zero-order valence-electron chi connectivity index (χ0n) is 7.14. The monoisotopic (exact) mass is 165 g/mol. The van der Waals surface area contributed by atoms with Crippen LogP contribution in [0.25, 0.3) is 0 Å². The van der Waals surface area contributed by atoms with E-state index in [1.165, 1.54) is 18.4 Å². The van der Waals surface area contributed by atoms with Crippen LogP contribution in [0.15, 0.2) is 12.3 Å². The highest BCUT2D eigenvalue weighted by atomic mass is 14.9. The molecule has 1 saturated heterocycles. The third kappa shape index (κ3) is 1.46. The number of aromatic nitrogens is 1. The van der Waals surface area contributed by atoms with Gasteiger partial charge in [-0.1, -0.05) is 0 Å². The van der Waals surface area contributed by atoms with E-state index in [4.69, 9.17) is 5.73 Å². The number of anilines is 1. The van der Waals surface area contributed by atoms with E-state index < -0.39 is 0 Å². The number of nitrogens with two attached hydrogens (primary N) is 1. The third-order valence-electron chi connectivity index (χ3n) is 2.54. The smallest absolute Gasteiger partial charge is 0.100 e. The van der Waals surface area contributed by atoms with E-state index >= 15 is 0 Å². The Kier molecular flexibility index (Phi) is 2.04. The minimum Gasteiger partial charge on any atom is -0.385 e. The average molecular weight is 165 g/mol. The van der Waals surface area contributed by atoms with Gasteiger partial charge in [0, 0.05) is 6.20 Å². The van der Waals surface area contributed by atoms with Crippen molar-refractivity contribution in [2.75, 3.05) is 18.8 Å². The second-order valence-electron chi connectivity index (χ2n) is 3.41. The molecule has 4 N–H and O–H groups in total. The summed E-state index contributed by atoms with van der Waals surface area (Å²) in [4.78, 5) is 3.02. The number of hydrogen-bond acceptors (Lipinski definition) is 2. The molecule has 0 aromatic carbocycles. The van der Waals surface area contributed by atoms with Gasteiger partial charge < -0.3 is 16.0 Å². The van der Waals surface area contributed by atoms with Crippen molar-refractivity contribution in [1.29, 1.82) is 0 Å². The molecule has 1 aliphatic rings. The number of hydrogen-bond donors (Lipinski definition) is 3. The molecule has 0 amide bonds. The molecule has 0 aliphatic carbocycles. The zero-order chi connectivity index (χ0) is 8.39. The van der Waals surface area contributed by atoms with Crippen LogP contribution in [0.5, 0.6) is 0 Å². The van der Waals surface area contributed by atoms with Crippen LogP contribution in [0, 0.1) is 0 Å². The lowest BCUT2D eigenvalue weighted by atomic mass is 9.92. The molecule has 0 radical (unpaired) electrons. The van der Waals surface area contributed by atoms with Gasteiger partial charge in [-0.2, -0.15) is 0 Å². The first kappa shape index (κ1) is 7.68. The van der Waals surface area contributed by atoms with Crippen LogP contribution in [0.3, 0.4) is 0 Å². The molecule has 0 bridgehead atoms. The van der Waals surface area contributed by atoms with Crippen LogP contribution >= 0.6 is 0 Å².